The molecule has 9 nitrogen and oxygen atoms in total. The van der Waals surface area contributed by atoms with Crippen molar-refractivity contribution in [3.63, 3.8) is 0 Å². The van der Waals surface area contributed by atoms with Gasteiger partial charge < -0.3 is 4.57 Å². The van der Waals surface area contributed by atoms with Gasteiger partial charge in [0.15, 0.2) is 17.5 Å². The average molecular weight is 1850 g/mol. The Hall–Kier alpha value is -18.3. The number of thiophene rings is 1. The summed E-state index contributed by atoms with van der Waals surface area (Å²) in [5, 5.41) is 21.3. The highest BCUT2D eigenvalue weighted by molar-refractivity contribution is 7.25. The summed E-state index contributed by atoms with van der Waals surface area (Å²) in [4.78, 5) is 30.7. The van der Waals surface area contributed by atoms with Crippen molar-refractivity contribution in [3.05, 3.63) is 510 Å². The quantitative estimate of drug-likeness (QED) is 0.0796. The molecule has 0 aliphatic rings. The molecule has 28 aromatic rings. The predicted octanol–water partition coefficient (Wildman–Crippen LogP) is 32.1. The molecule has 142 heavy (non-hydrogen) atoms. The first-order valence-corrected chi connectivity index (χ1v) is 51.5. The van der Waals surface area contributed by atoms with Crippen LogP contribution in [0.3, 0.4) is 0 Å². The monoisotopic (exact) mass is 1850 g/mol. The van der Waals surface area contributed by atoms with Gasteiger partial charge in [0.1, 0.15) is 13.9 Å². The minimum Gasteiger partial charge on any atom is -0.309 e. The van der Waals surface area contributed by atoms with Gasteiger partial charge in [0.2, 0.25) is 5.95 Å². The molecule has 0 aliphatic heterocycles. The van der Waals surface area contributed by atoms with Gasteiger partial charge >= 0.3 is 0 Å². The third-order valence-electron chi connectivity index (χ3n) is 28.3. The zero-order valence-corrected chi connectivity index (χ0v) is 79.2. The minimum absolute atomic E-state index is 0.594. The van der Waals surface area contributed by atoms with Crippen molar-refractivity contribution in [1.29, 1.82) is 0 Å². The average Bonchev–Trinajstić information content (AvgIpc) is 1.55. The molecule has 0 fully saturated rings. The van der Waals surface area contributed by atoms with E-state index in [1.165, 1.54) is 145 Å². The standard InChI is InChI=1S/C51H37N3Si.C43H26N4S.C37H24N2/c1-55(41-17-7-3-8-18-41,42-19-9-4-10-20-42)43-33-34-45-44-21-12-14-24-48(44)54(49(45)35-43)40-31-29-39(30-32-40)51-52-47-23-13-11-22-46(47)50(53-51)38-27-25-37(26-28-38)36-15-5-2-6-16-36;1-3-12-28(13-4-1)41-44-42(29-14-5-2-6-15-29)46-43(45-41)47-36-22-20-30(26-35(36)40-32-16-8-7-11-27(32)19-23-37(40)47)31-21-24-39-34(25-31)33-17-9-10-18-38(33)48-39;1-2-10-25(11-3-1)26-18-20-28(21-19-26)32-24-36(38-33-16-8-6-14-30(32)33)39-34-17-9-7-15-31(34)37-29-13-5-4-12-27(29)22-23-35(37)39/h2-35H,1H3;1-26H;1-24H. The van der Waals surface area contributed by atoms with Crippen LogP contribution in [-0.2, 0) is 0 Å². The molecule has 7 aromatic heterocycles. The van der Waals surface area contributed by atoms with Crippen molar-refractivity contribution in [2.24, 2.45) is 0 Å². The first-order chi connectivity index (χ1) is 70.3. The van der Waals surface area contributed by atoms with Gasteiger partial charge in [-0.1, -0.05) is 413 Å². The summed E-state index contributed by atoms with van der Waals surface area (Å²) < 4.78 is 9.57. The molecule has 0 aliphatic carbocycles. The Morgan fingerprint density at radius 2 is 0.606 bits per heavy atom. The van der Waals surface area contributed by atoms with Gasteiger partial charge in [0.05, 0.1) is 49.8 Å². The van der Waals surface area contributed by atoms with Crippen LogP contribution in [0.5, 0.6) is 0 Å². The van der Waals surface area contributed by atoms with E-state index in [0.717, 1.165) is 83.2 Å². The fourth-order valence-corrected chi connectivity index (χ4v) is 25.8. The smallest absolute Gasteiger partial charge is 0.238 e. The number of fused-ring (bicyclic) bond motifs is 18. The molecule has 7 heterocycles. The summed E-state index contributed by atoms with van der Waals surface area (Å²) in [6, 6.07) is 182. The molecule has 28 rings (SSSR count). The first-order valence-electron chi connectivity index (χ1n) is 48.2. The van der Waals surface area contributed by atoms with E-state index in [2.05, 4.69) is 457 Å². The van der Waals surface area contributed by atoms with Gasteiger partial charge in [-0.05, 0) is 185 Å². The fraction of sp³-hybridized carbons (Fsp3) is 0.00763. The molecule has 0 spiro atoms. The summed E-state index contributed by atoms with van der Waals surface area (Å²) in [5.41, 5.74) is 24.3. The van der Waals surface area contributed by atoms with Gasteiger partial charge in [0, 0.05) is 91.2 Å². The molecule has 0 N–H and O–H groups in total. The number of aromatic nitrogens is 9. The molecular weight excluding hydrogens is 1760 g/mol. The van der Waals surface area contributed by atoms with E-state index >= 15 is 0 Å². The lowest BCUT2D eigenvalue weighted by molar-refractivity contribution is 0.953. The van der Waals surface area contributed by atoms with Crippen molar-refractivity contribution in [1.82, 2.24) is 43.6 Å². The Kier molecular flexibility index (Phi) is 21.2. The van der Waals surface area contributed by atoms with E-state index in [0.29, 0.717) is 23.4 Å². The van der Waals surface area contributed by atoms with Crippen LogP contribution in [0.2, 0.25) is 6.55 Å². The molecule has 11 heteroatoms. The van der Waals surface area contributed by atoms with Gasteiger partial charge in [-0.15, -0.1) is 11.3 Å². The SMILES string of the molecule is C[Si](c1ccccc1)(c1ccccc1)c1ccc2c3ccccc3n(-c3ccc(-c4nc(-c5ccc(-c6ccccc6)cc5)c5ccccc5n4)cc3)c2c1.c1ccc(-c2ccc(-c3cc(-n4c5ccccc5c5c6ccccc6ccc54)nc4ccccc34)cc2)cc1.c1ccc(-c2nc(-c3ccccc3)nc(-n3c4ccc(-c5ccc6sc7ccccc7c6c5)cc4c4c5ccccc5ccc43)n2)cc1. The summed E-state index contributed by atoms with van der Waals surface area (Å²) in [6.45, 7) is 2.48. The number of hydrogen-bond acceptors (Lipinski definition) is 7. The Balaban J connectivity index is 0.000000111. The second-order valence-corrected chi connectivity index (χ2v) is 41.5. The Bertz CT molecular complexity index is 9620. The summed E-state index contributed by atoms with van der Waals surface area (Å²) in [5.74, 6) is 3.52. The molecule has 0 amide bonds. The van der Waals surface area contributed by atoms with Crippen LogP contribution >= 0.6 is 11.3 Å². The molecule has 0 saturated heterocycles. The zero-order chi connectivity index (χ0) is 94.1. The van der Waals surface area contributed by atoms with Gasteiger partial charge in [-0.3, -0.25) is 9.13 Å². The second-order valence-electron chi connectivity index (χ2n) is 36.4. The summed E-state index contributed by atoms with van der Waals surface area (Å²) in [6.07, 6.45) is 0. The van der Waals surface area contributed by atoms with Crippen molar-refractivity contribution in [3.8, 4) is 107 Å². The summed E-state index contributed by atoms with van der Waals surface area (Å²) in [7, 11) is -2.33. The van der Waals surface area contributed by atoms with Crippen LogP contribution in [-0.4, -0.2) is 51.7 Å². The summed E-state index contributed by atoms with van der Waals surface area (Å²) >= 11 is 1.85. The van der Waals surface area contributed by atoms with Crippen LogP contribution in [0.15, 0.2) is 510 Å². The highest BCUT2D eigenvalue weighted by Gasteiger charge is 2.35. The van der Waals surface area contributed by atoms with Crippen molar-refractivity contribution >= 4 is 164 Å². The van der Waals surface area contributed by atoms with E-state index in [1.807, 2.05) is 84.1 Å². The Morgan fingerprint density at radius 1 is 0.204 bits per heavy atom. The lowest BCUT2D eigenvalue weighted by Crippen LogP contribution is -2.64. The highest BCUT2D eigenvalue weighted by Crippen LogP contribution is 2.45. The number of nitrogens with zero attached hydrogens (tertiary/aromatic N) is 9. The van der Waals surface area contributed by atoms with Crippen LogP contribution in [0.1, 0.15) is 0 Å². The molecular formula is C131H87N9SSi. The topological polar surface area (TPSA) is 92.1 Å². The van der Waals surface area contributed by atoms with Crippen LogP contribution in [0.4, 0.5) is 0 Å². The molecule has 0 atom stereocenters. The van der Waals surface area contributed by atoms with Crippen molar-refractivity contribution in [2.45, 2.75) is 6.55 Å². The van der Waals surface area contributed by atoms with Gasteiger partial charge in [-0.25, -0.2) is 19.9 Å². The maximum absolute atomic E-state index is 5.22. The van der Waals surface area contributed by atoms with Crippen molar-refractivity contribution in [2.75, 3.05) is 0 Å². The largest absolute Gasteiger partial charge is 0.309 e. The Labute approximate surface area is 824 Å². The van der Waals surface area contributed by atoms with Crippen LogP contribution in [0, 0.1) is 0 Å². The van der Waals surface area contributed by atoms with Gasteiger partial charge in [-0.2, -0.15) is 9.97 Å². The molecule has 0 radical (unpaired) electrons. The van der Waals surface area contributed by atoms with Crippen LogP contribution in [0.25, 0.3) is 236 Å². The fourth-order valence-electron chi connectivity index (χ4n) is 21.2. The van der Waals surface area contributed by atoms with E-state index in [-0.39, 0.29) is 0 Å². The normalized spacial score (nSPS) is 11.7. The highest BCUT2D eigenvalue weighted by atomic mass is 32.1. The lowest BCUT2D eigenvalue weighted by atomic mass is 9.98. The number of benzene rings is 21. The lowest BCUT2D eigenvalue weighted by Gasteiger charge is -2.29. The molecule has 0 bridgehead atoms. The predicted molar refractivity (Wildman–Crippen MR) is 599 cm³/mol. The number of para-hydroxylation sites is 4. The molecule has 0 saturated carbocycles. The third kappa shape index (κ3) is 15.0. The Morgan fingerprint density at radius 3 is 1.21 bits per heavy atom. The minimum atomic E-state index is -2.33. The van der Waals surface area contributed by atoms with E-state index in [9.17, 15) is 0 Å². The van der Waals surface area contributed by atoms with E-state index in [4.69, 9.17) is 29.9 Å². The maximum atomic E-state index is 5.22. The molecule has 666 valence electrons. The van der Waals surface area contributed by atoms with Crippen molar-refractivity contribution < 1.29 is 0 Å². The number of rotatable bonds is 14. The third-order valence-corrected chi connectivity index (χ3v) is 33.8. The van der Waals surface area contributed by atoms with E-state index < -0.39 is 8.07 Å². The van der Waals surface area contributed by atoms with E-state index in [1.54, 1.807) is 0 Å². The molecule has 0 unspecified atom stereocenters. The van der Waals surface area contributed by atoms with Gasteiger partial charge in [0.25, 0.3) is 0 Å². The van der Waals surface area contributed by atoms with Crippen LogP contribution < -0.4 is 15.6 Å². The maximum Gasteiger partial charge on any atom is 0.238 e. The molecule has 21 aromatic carbocycles. The number of pyridine rings is 1. The first kappa shape index (κ1) is 84.3. The number of hydrogen-bond donors (Lipinski definition) is 0. The zero-order valence-electron chi connectivity index (χ0n) is 77.4. The second kappa shape index (κ2) is 35.7.